The molecule has 4 heteroatoms. The van der Waals surface area contributed by atoms with Crippen molar-refractivity contribution < 1.29 is 4.79 Å². The monoisotopic (exact) mass is 340 g/mol. The van der Waals surface area contributed by atoms with Crippen LogP contribution in [0.5, 0.6) is 0 Å². The maximum absolute atomic E-state index is 13.1. The van der Waals surface area contributed by atoms with E-state index in [0.29, 0.717) is 16.9 Å². The van der Waals surface area contributed by atoms with Gasteiger partial charge in [-0.05, 0) is 12.1 Å². The van der Waals surface area contributed by atoms with Gasteiger partial charge in [0, 0.05) is 11.1 Å². The number of nitrogens with one attached hydrogen (secondary N) is 1. The smallest absolute Gasteiger partial charge is 0.302 e. The first-order valence-electron chi connectivity index (χ1n) is 8.31. The Labute approximate surface area is 150 Å². The molecule has 3 aromatic carbocycles. The highest BCUT2D eigenvalue weighted by Gasteiger charge is 2.23. The molecule has 4 aromatic rings. The van der Waals surface area contributed by atoms with Crippen LogP contribution < -0.4 is 5.69 Å². The fourth-order valence-electron chi connectivity index (χ4n) is 3.03. The van der Waals surface area contributed by atoms with E-state index >= 15 is 0 Å². The Kier molecular flexibility index (Phi) is 4.07. The summed E-state index contributed by atoms with van der Waals surface area (Å²) in [6.07, 6.45) is 0. The molecule has 0 atom stereocenters. The van der Waals surface area contributed by atoms with Gasteiger partial charge in [-0.2, -0.15) is 0 Å². The fourth-order valence-corrected chi connectivity index (χ4v) is 3.03. The fraction of sp³-hybridized carbons (Fsp3) is 0. The molecule has 4 nitrogen and oxygen atoms in total. The zero-order valence-corrected chi connectivity index (χ0v) is 13.9. The van der Waals surface area contributed by atoms with Gasteiger partial charge in [0.2, 0.25) is 5.78 Å². The molecular weight excluding hydrogens is 324 g/mol. The summed E-state index contributed by atoms with van der Waals surface area (Å²) in [7, 11) is 0. The van der Waals surface area contributed by atoms with Gasteiger partial charge in [-0.25, -0.2) is 4.79 Å². The molecule has 0 saturated carbocycles. The van der Waals surface area contributed by atoms with Gasteiger partial charge in [0.15, 0.2) is 0 Å². The quantitative estimate of drug-likeness (QED) is 0.570. The Balaban J connectivity index is 1.99. The standard InChI is InChI=1S/C22H16N2O2/c25-21(17-12-6-2-7-13-17)19-20(16-10-4-1-5-11-16)24(22(26)23-19)18-14-8-3-9-15-18/h1-15H,(H,23,26). The second-order valence-corrected chi connectivity index (χ2v) is 5.89. The number of para-hydroxylation sites is 1. The number of ketones is 1. The molecule has 0 fully saturated rings. The molecule has 0 aliphatic heterocycles. The molecule has 1 aromatic heterocycles. The maximum atomic E-state index is 13.1. The van der Waals surface area contributed by atoms with Crippen molar-refractivity contribution in [3.63, 3.8) is 0 Å². The van der Waals surface area contributed by atoms with Crippen LogP contribution in [0.15, 0.2) is 95.8 Å². The molecule has 0 spiro atoms. The van der Waals surface area contributed by atoms with Gasteiger partial charge in [-0.15, -0.1) is 0 Å². The Morgan fingerprint density at radius 1 is 0.731 bits per heavy atom. The van der Waals surface area contributed by atoms with Crippen LogP contribution in [0.25, 0.3) is 16.9 Å². The van der Waals surface area contributed by atoms with Gasteiger partial charge < -0.3 is 4.98 Å². The van der Waals surface area contributed by atoms with E-state index in [1.165, 1.54) is 0 Å². The Hall–Kier alpha value is -3.66. The van der Waals surface area contributed by atoms with E-state index in [9.17, 15) is 9.59 Å². The highest BCUT2D eigenvalue weighted by molar-refractivity contribution is 6.11. The van der Waals surface area contributed by atoms with Gasteiger partial charge in [-0.3, -0.25) is 9.36 Å². The van der Waals surface area contributed by atoms with Crippen molar-refractivity contribution in [3.8, 4) is 16.9 Å². The van der Waals surface area contributed by atoms with E-state index in [-0.39, 0.29) is 17.2 Å². The number of carbonyl (C=O) groups excluding carboxylic acids is 1. The summed E-state index contributed by atoms with van der Waals surface area (Å²) in [4.78, 5) is 28.5. The number of rotatable bonds is 4. The third-order valence-electron chi connectivity index (χ3n) is 4.22. The number of benzene rings is 3. The second kappa shape index (κ2) is 6.69. The first-order chi connectivity index (χ1) is 12.8. The molecule has 0 aliphatic rings. The molecule has 1 heterocycles. The number of nitrogens with zero attached hydrogens (tertiary/aromatic N) is 1. The largest absolute Gasteiger partial charge is 0.331 e. The van der Waals surface area contributed by atoms with Crippen molar-refractivity contribution in [2.24, 2.45) is 0 Å². The molecular formula is C22H16N2O2. The van der Waals surface area contributed by atoms with Crippen molar-refractivity contribution in [3.05, 3.63) is 113 Å². The Morgan fingerprint density at radius 2 is 1.27 bits per heavy atom. The van der Waals surface area contributed by atoms with E-state index in [0.717, 1.165) is 5.56 Å². The van der Waals surface area contributed by atoms with Gasteiger partial charge in [0.25, 0.3) is 0 Å². The van der Waals surface area contributed by atoms with E-state index in [4.69, 9.17) is 0 Å². The normalized spacial score (nSPS) is 10.6. The minimum atomic E-state index is -0.339. The van der Waals surface area contributed by atoms with Crippen molar-refractivity contribution in [1.29, 1.82) is 0 Å². The van der Waals surface area contributed by atoms with E-state index in [1.807, 2.05) is 78.9 Å². The second-order valence-electron chi connectivity index (χ2n) is 5.89. The van der Waals surface area contributed by atoms with Crippen LogP contribution in [0.1, 0.15) is 16.1 Å². The van der Waals surface area contributed by atoms with Gasteiger partial charge >= 0.3 is 5.69 Å². The highest BCUT2D eigenvalue weighted by atomic mass is 16.2. The third-order valence-corrected chi connectivity index (χ3v) is 4.22. The molecule has 0 amide bonds. The highest BCUT2D eigenvalue weighted by Crippen LogP contribution is 2.26. The predicted octanol–water partition coefficient (Wildman–Crippen LogP) is 4.06. The zero-order valence-electron chi connectivity index (χ0n) is 13.9. The summed E-state index contributed by atoms with van der Waals surface area (Å²) in [5.41, 5.74) is 2.56. The zero-order chi connectivity index (χ0) is 17.9. The summed E-state index contributed by atoms with van der Waals surface area (Å²) in [5, 5.41) is 0. The maximum Gasteiger partial charge on any atom is 0.331 e. The van der Waals surface area contributed by atoms with E-state index in [2.05, 4.69) is 4.98 Å². The summed E-state index contributed by atoms with van der Waals surface area (Å²) in [6.45, 7) is 0. The van der Waals surface area contributed by atoms with Crippen LogP contribution in [-0.2, 0) is 0 Å². The third kappa shape index (κ3) is 2.78. The van der Waals surface area contributed by atoms with Crippen LogP contribution in [0, 0.1) is 0 Å². The Morgan fingerprint density at radius 3 is 1.88 bits per heavy atom. The first kappa shape index (κ1) is 15.8. The van der Waals surface area contributed by atoms with E-state index in [1.54, 1.807) is 16.7 Å². The molecule has 0 aliphatic carbocycles. The Bertz CT molecular complexity index is 1100. The van der Waals surface area contributed by atoms with Gasteiger partial charge in [0.05, 0.1) is 11.4 Å². The average molecular weight is 340 g/mol. The van der Waals surface area contributed by atoms with Crippen molar-refractivity contribution in [2.75, 3.05) is 0 Å². The van der Waals surface area contributed by atoms with E-state index < -0.39 is 0 Å². The summed E-state index contributed by atoms with van der Waals surface area (Å²) >= 11 is 0. The lowest BCUT2D eigenvalue weighted by Gasteiger charge is -2.09. The minimum absolute atomic E-state index is 0.212. The lowest BCUT2D eigenvalue weighted by Crippen LogP contribution is -2.15. The number of aromatic amines is 1. The average Bonchev–Trinajstić information content (AvgIpc) is 3.06. The van der Waals surface area contributed by atoms with Crippen LogP contribution in [-0.4, -0.2) is 15.3 Å². The van der Waals surface area contributed by atoms with Crippen LogP contribution in [0.3, 0.4) is 0 Å². The van der Waals surface area contributed by atoms with Gasteiger partial charge in [0.1, 0.15) is 5.69 Å². The summed E-state index contributed by atoms with van der Waals surface area (Å²) in [5.74, 6) is -0.212. The number of carbonyl (C=O) groups is 1. The molecule has 0 bridgehead atoms. The lowest BCUT2D eigenvalue weighted by atomic mass is 10.0. The minimum Gasteiger partial charge on any atom is -0.302 e. The topological polar surface area (TPSA) is 54.9 Å². The number of aromatic nitrogens is 2. The molecule has 0 saturated heterocycles. The van der Waals surface area contributed by atoms with Gasteiger partial charge in [-0.1, -0.05) is 78.9 Å². The molecule has 0 unspecified atom stereocenters. The summed E-state index contributed by atoms with van der Waals surface area (Å²) < 4.78 is 1.55. The SMILES string of the molecule is O=C(c1ccccc1)c1[nH]c(=O)n(-c2ccccc2)c1-c1ccccc1. The molecule has 26 heavy (non-hydrogen) atoms. The van der Waals surface area contributed by atoms with Crippen molar-refractivity contribution in [2.45, 2.75) is 0 Å². The van der Waals surface area contributed by atoms with Crippen LogP contribution in [0.2, 0.25) is 0 Å². The molecule has 1 N–H and O–H groups in total. The molecule has 0 radical (unpaired) electrons. The van der Waals surface area contributed by atoms with Crippen molar-refractivity contribution >= 4 is 5.78 Å². The van der Waals surface area contributed by atoms with Crippen LogP contribution >= 0.6 is 0 Å². The van der Waals surface area contributed by atoms with Crippen molar-refractivity contribution in [1.82, 2.24) is 9.55 Å². The summed E-state index contributed by atoms with van der Waals surface area (Å²) in [6, 6.07) is 27.7. The molecule has 4 rings (SSSR count). The number of hydrogen-bond donors (Lipinski definition) is 1. The number of H-pyrrole nitrogens is 1. The number of hydrogen-bond acceptors (Lipinski definition) is 2. The van der Waals surface area contributed by atoms with Crippen LogP contribution in [0.4, 0.5) is 0 Å². The molecule has 126 valence electrons. The lowest BCUT2D eigenvalue weighted by molar-refractivity contribution is 0.103. The first-order valence-corrected chi connectivity index (χ1v) is 8.31. The predicted molar refractivity (Wildman–Crippen MR) is 102 cm³/mol. The number of imidazole rings is 1.